The van der Waals surface area contributed by atoms with Crippen molar-refractivity contribution in [3.8, 4) is 10.6 Å². The maximum absolute atomic E-state index is 4.52. The lowest BCUT2D eigenvalue weighted by molar-refractivity contribution is 0.633. The maximum Gasteiger partial charge on any atom is 0.183 e. The number of rotatable bonds is 2. The van der Waals surface area contributed by atoms with Crippen LogP contribution in [0.3, 0.4) is 0 Å². The van der Waals surface area contributed by atoms with Gasteiger partial charge in [-0.3, -0.25) is 4.98 Å². The molecule has 3 nitrogen and oxygen atoms in total. The highest BCUT2D eigenvalue weighted by Gasteiger charge is 2.12. The van der Waals surface area contributed by atoms with E-state index in [1.807, 2.05) is 11.7 Å². The first-order valence-corrected chi connectivity index (χ1v) is 6.43. The van der Waals surface area contributed by atoms with Crippen LogP contribution in [0.4, 0.5) is 5.13 Å². The molecular weight excluding hydrogens is 226 g/mol. The Kier molecular flexibility index (Phi) is 2.75. The molecule has 0 saturated carbocycles. The fraction of sp³-hybridized carbons (Fsp3) is 0.400. The second kappa shape index (κ2) is 3.90. The van der Waals surface area contributed by atoms with Crippen LogP contribution in [0.2, 0.25) is 0 Å². The van der Waals surface area contributed by atoms with Crippen molar-refractivity contribution in [1.29, 1.82) is 0 Å². The molecular formula is C10H13N3S2. The predicted octanol–water partition coefficient (Wildman–Crippen LogP) is 3.48. The molecule has 0 amide bonds. The Balaban J connectivity index is 2.18. The van der Waals surface area contributed by atoms with Gasteiger partial charge in [-0.05, 0) is 20.8 Å². The Morgan fingerprint density at radius 2 is 2.07 bits per heavy atom. The van der Waals surface area contributed by atoms with Crippen molar-refractivity contribution in [1.82, 2.24) is 9.97 Å². The number of thiazole rings is 2. The monoisotopic (exact) mass is 239 g/mol. The smallest absolute Gasteiger partial charge is 0.183 e. The molecule has 2 aromatic rings. The van der Waals surface area contributed by atoms with Crippen molar-refractivity contribution in [2.45, 2.75) is 26.3 Å². The standard InChI is InChI=1S/C10H13N3S2/c1-10(2,3)13-9-12-7(5-14-9)8-4-11-6-15-8/h4-6H,1-3H3,(H,12,13). The number of hydrogen-bond donors (Lipinski definition) is 1. The molecule has 0 fully saturated rings. The minimum absolute atomic E-state index is 0.0584. The van der Waals surface area contributed by atoms with E-state index < -0.39 is 0 Å². The molecule has 0 unspecified atom stereocenters. The number of anilines is 1. The van der Waals surface area contributed by atoms with Gasteiger partial charge in [-0.1, -0.05) is 0 Å². The number of hydrogen-bond acceptors (Lipinski definition) is 5. The molecule has 1 N–H and O–H groups in total. The van der Waals surface area contributed by atoms with Crippen LogP contribution in [0, 0.1) is 0 Å². The van der Waals surface area contributed by atoms with Crippen LogP contribution in [0.25, 0.3) is 10.6 Å². The fourth-order valence-electron chi connectivity index (χ4n) is 1.11. The van der Waals surface area contributed by atoms with E-state index in [0.29, 0.717) is 0 Å². The minimum Gasteiger partial charge on any atom is -0.357 e. The van der Waals surface area contributed by atoms with E-state index in [9.17, 15) is 0 Å². The normalized spacial score (nSPS) is 11.7. The van der Waals surface area contributed by atoms with E-state index in [2.05, 4.69) is 41.4 Å². The van der Waals surface area contributed by atoms with Gasteiger partial charge in [-0.15, -0.1) is 22.7 Å². The zero-order valence-electron chi connectivity index (χ0n) is 8.94. The maximum atomic E-state index is 4.52. The van der Waals surface area contributed by atoms with Gasteiger partial charge in [-0.2, -0.15) is 0 Å². The molecule has 0 aliphatic rings. The highest BCUT2D eigenvalue weighted by Crippen LogP contribution is 2.28. The molecule has 2 heterocycles. The van der Waals surface area contributed by atoms with E-state index in [-0.39, 0.29) is 5.54 Å². The van der Waals surface area contributed by atoms with Crippen LogP contribution in [0.5, 0.6) is 0 Å². The van der Waals surface area contributed by atoms with Crippen LogP contribution in [0.15, 0.2) is 17.1 Å². The van der Waals surface area contributed by atoms with Crippen LogP contribution < -0.4 is 5.32 Å². The average Bonchev–Trinajstić information content (AvgIpc) is 2.68. The van der Waals surface area contributed by atoms with Gasteiger partial charge in [0.05, 0.1) is 16.1 Å². The van der Waals surface area contributed by atoms with Crippen molar-refractivity contribution < 1.29 is 0 Å². The lowest BCUT2D eigenvalue weighted by Crippen LogP contribution is -2.25. The first kappa shape index (κ1) is 10.6. The first-order chi connectivity index (χ1) is 7.04. The molecule has 0 radical (unpaired) electrons. The summed E-state index contributed by atoms with van der Waals surface area (Å²) >= 11 is 3.24. The van der Waals surface area contributed by atoms with E-state index in [1.54, 1.807) is 22.7 Å². The topological polar surface area (TPSA) is 37.8 Å². The summed E-state index contributed by atoms with van der Waals surface area (Å²) in [6, 6.07) is 0. The van der Waals surface area contributed by atoms with Crippen LogP contribution in [-0.2, 0) is 0 Å². The van der Waals surface area contributed by atoms with Gasteiger partial charge in [0.2, 0.25) is 0 Å². The fourth-order valence-corrected chi connectivity index (χ4v) is 2.68. The highest BCUT2D eigenvalue weighted by atomic mass is 32.1. The number of nitrogens with zero attached hydrogens (tertiary/aromatic N) is 2. The molecule has 0 aromatic carbocycles. The van der Waals surface area contributed by atoms with Crippen molar-refractivity contribution >= 4 is 27.8 Å². The predicted molar refractivity (Wildman–Crippen MR) is 66.6 cm³/mol. The van der Waals surface area contributed by atoms with Crippen molar-refractivity contribution in [3.63, 3.8) is 0 Å². The zero-order valence-corrected chi connectivity index (χ0v) is 10.6. The van der Waals surface area contributed by atoms with Crippen molar-refractivity contribution in [2.75, 3.05) is 5.32 Å². The van der Waals surface area contributed by atoms with Gasteiger partial charge < -0.3 is 5.32 Å². The molecule has 0 aliphatic carbocycles. The molecule has 5 heteroatoms. The molecule has 0 aliphatic heterocycles. The second-order valence-corrected chi connectivity index (χ2v) is 6.02. The number of nitrogens with one attached hydrogen (secondary N) is 1. The summed E-state index contributed by atoms with van der Waals surface area (Å²) in [5, 5.41) is 6.38. The molecule has 0 bridgehead atoms. The molecule has 2 aromatic heterocycles. The lowest BCUT2D eigenvalue weighted by Gasteiger charge is -2.19. The largest absolute Gasteiger partial charge is 0.357 e. The summed E-state index contributed by atoms with van der Waals surface area (Å²) in [6.45, 7) is 6.38. The molecule has 2 rings (SSSR count). The average molecular weight is 239 g/mol. The molecule has 15 heavy (non-hydrogen) atoms. The molecule has 0 atom stereocenters. The van der Waals surface area contributed by atoms with Crippen molar-refractivity contribution in [2.24, 2.45) is 0 Å². The number of aromatic nitrogens is 2. The third-order valence-corrected chi connectivity index (χ3v) is 3.22. The van der Waals surface area contributed by atoms with Gasteiger partial charge in [0.25, 0.3) is 0 Å². The van der Waals surface area contributed by atoms with Crippen LogP contribution >= 0.6 is 22.7 Å². The van der Waals surface area contributed by atoms with E-state index in [1.165, 1.54) is 0 Å². The molecule has 0 saturated heterocycles. The Morgan fingerprint density at radius 1 is 1.27 bits per heavy atom. The second-order valence-electron chi connectivity index (χ2n) is 4.28. The Hall–Kier alpha value is -0.940. The van der Waals surface area contributed by atoms with Gasteiger partial charge in [0.1, 0.15) is 0 Å². The quantitative estimate of drug-likeness (QED) is 0.872. The molecule has 80 valence electrons. The third kappa shape index (κ3) is 2.76. The summed E-state index contributed by atoms with van der Waals surface area (Å²) in [5.74, 6) is 0. The Bertz CT molecular complexity index is 426. The van der Waals surface area contributed by atoms with E-state index in [4.69, 9.17) is 0 Å². The van der Waals surface area contributed by atoms with Crippen LogP contribution in [0.1, 0.15) is 20.8 Å². The third-order valence-electron chi connectivity index (χ3n) is 1.67. The summed E-state index contributed by atoms with van der Waals surface area (Å²) in [5.41, 5.74) is 2.89. The SMILES string of the molecule is CC(C)(C)Nc1nc(-c2cncs2)cs1. The summed E-state index contributed by atoms with van der Waals surface area (Å²) in [7, 11) is 0. The van der Waals surface area contributed by atoms with Gasteiger partial charge >= 0.3 is 0 Å². The lowest BCUT2D eigenvalue weighted by atomic mass is 10.1. The van der Waals surface area contributed by atoms with Crippen molar-refractivity contribution in [3.05, 3.63) is 17.1 Å². The van der Waals surface area contributed by atoms with Gasteiger partial charge in [-0.25, -0.2) is 4.98 Å². The van der Waals surface area contributed by atoms with Crippen LogP contribution in [-0.4, -0.2) is 15.5 Å². The Labute approximate surface area is 97.2 Å². The highest BCUT2D eigenvalue weighted by molar-refractivity contribution is 7.15. The summed E-state index contributed by atoms with van der Waals surface area (Å²) < 4.78 is 0. The minimum atomic E-state index is 0.0584. The zero-order chi connectivity index (χ0) is 10.9. The summed E-state index contributed by atoms with van der Waals surface area (Å²) in [4.78, 5) is 9.68. The van der Waals surface area contributed by atoms with Gasteiger partial charge in [0, 0.05) is 17.1 Å². The van der Waals surface area contributed by atoms with E-state index in [0.717, 1.165) is 15.7 Å². The van der Waals surface area contributed by atoms with E-state index >= 15 is 0 Å². The van der Waals surface area contributed by atoms with Gasteiger partial charge in [0.15, 0.2) is 5.13 Å². The summed E-state index contributed by atoms with van der Waals surface area (Å²) in [6.07, 6.45) is 1.85. The molecule has 0 spiro atoms. The first-order valence-electron chi connectivity index (χ1n) is 4.67. The Morgan fingerprint density at radius 3 is 2.67 bits per heavy atom.